The van der Waals surface area contributed by atoms with Gasteiger partial charge >= 0.3 is 12.4 Å². The second-order valence-corrected chi connectivity index (χ2v) is 13.6. The molecular weight excluding hydrogens is 596 g/mol. The summed E-state index contributed by atoms with van der Waals surface area (Å²) in [5.74, 6) is 0.117. The van der Waals surface area contributed by atoms with Gasteiger partial charge in [0, 0.05) is 43.7 Å². The van der Waals surface area contributed by atoms with E-state index in [2.05, 4.69) is 4.90 Å². The third kappa shape index (κ3) is 7.34. The van der Waals surface area contributed by atoms with E-state index in [4.69, 9.17) is 0 Å². The number of nitrogens with zero attached hydrogens (tertiary/aromatic N) is 3. The molecule has 11 heteroatoms. The van der Waals surface area contributed by atoms with Crippen LogP contribution in [-0.4, -0.2) is 71.3 Å². The first-order valence-corrected chi connectivity index (χ1v) is 16.0. The highest BCUT2D eigenvalue weighted by atomic mass is 19.4. The summed E-state index contributed by atoms with van der Waals surface area (Å²) in [6.07, 6.45) is -2.61. The number of carbonyl (C=O) groups is 2. The Morgan fingerprint density at radius 2 is 1.44 bits per heavy atom. The monoisotopic (exact) mass is 635 g/mol. The van der Waals surface area contributed by atoms with Crippen molar-refractivity contribution < 1.29 is 35.9 Å². The van der Waals surface area contributed by atoms with Gasteiger partial charge in [-0.1, -0.05) is 30.3 Å². The molecule has 3 saturated heterocycles. The molecule has 0 N–H and O–H groups in total. The zero-order chi connectivity index (χ0) is 32.0. The maximum atomic E-state index is 13.7. The molecule has 0 bridgehead atoms. The van der Waals surface area contributed by atoms with Crippen LogP contribution in [0.1, 0.15) is 78.4 Å². The van der Waals surface area contributed by atoms with E-state index < -0.39 is 41.0 Å². The summed E-state index contributed by atoms with van der Waals surface area (Å²) >= 11 is 0. The van der Waals surface area contributed by atoms with E-state index in [9.17, 15) is 35.9 Å². The van der Waals surface area contributed by atoms with E-state index in [1.54, 1.807) is 0 Å². The van der Waals surface area contributed by atoms with Gasteiger partial charge in [0.05, 0.1) is 11.1 Å². The summed E-state index contributed by atoms with van der Waals surface area (Å²) in [5, 5.41) is 0. The molecule has 4 fully saturated rings. The molecule has 3 aliphatic heterocycles. The van der Waals surface area contributed by atoms with Gasteiger partial charge in [-0.25, -0.2) is 0 Å². The molecular formula is C34H39F6N3O2. The fourth-order valence-electron chi connectivity index (χ4n) is 7.57. The Balaban J connectivity index is 1.17. The van der Waals surface area contributed by atoms with Crippen molar-refractivity contribution in [3.05, 3.63) is 70.8 Å². The lowest BCUT2D eigenvalue weighted by atomic mass is 9.70. The van der Waals surface area contributed by atoms with Gasteiger partial charge in [-0.3, -0.25) is 9.59 Å². The summed E-state index contributed by atoms with van der Waals surface area (Å²) in [6.45, 7) is 3.60. The number of halogens is 6. The van der Waals surface area contributed by atoms with Gasteiger partial charge in [0.1, 0.15) is 0 Å². The Kier molecular flexibility index (Phi) is 8.69. The maximum absolute atomic E-state index is 13.7. The van der Waals surface area contributed by atoms with E-state index in [0.29, 0.717) is 43.7 Å². The molecule has 244 valence electrons. The molecule has 4 aliphatic rings. The predicted octanol–water partition coefficient (Wildman–Crippen LogP) is 7.05. The van der Waals surface area contributed by atoms with E-state index in [0.717, 1.165) is 51.0 Å². The maximum Gasteiger partial charge on any atom is 0.416 e. The molecule has 1 aliphatic carbocycles. The molecule has 2 amide bonds. The molecule has 0 aromatic heterocycles. The SMILES string of the molecule is O=C1CC2(CCN1CC1CC1)CCN(C1CCN(C(=O)c3cc(C(F)(F)F)cc(C(F)(F)F)c3)C(Cc3ccccc3)C1)CC2. The van der Waals surface area contributed by atoms with Gasteiger partial charge in [0.25, 0.3) is 5.91 Å². The number of piperidine rings is 3. The first-order valence-electron chi connectivity index (χ1n) is 16.0. The van der Waals surface area contributed by atoms with Gasteiger partial charge in [-0.15, -0.1) is 0 Å². The van der Waals surface area contributed by atoms with Crippen molar-refractivity contribution in [2.45, 2.75) is 82.2 Å². The molecule has 3 heterocycles. The smallest absolute Gasteiger partial charge is 0.342 e. The van der Waals surface area contributed by atoms with Crippen molar-refractivity contribution in [2.75, 3.05) is 32.7 Å². The zero-order valence-corrected chi connectivity index (χ0v) is 25.2. The lowest BCUT2D eigenvalue weighted by Gasteiger charge is -2.50. The summed E-state index contributed by atoms with van der Waals surface area (Å²) in [7, 11) is 0. The van der Waals surface area contributed by atoms with E-state index in [1.807, 2.05) is 35.2 Å². The molecule has 2 aromatic rings. The molecule has 45 heavy (non-hydrogen) atoms. The largest absolute Gasteiger partial charge is 0.416 e. The number of carbonyl (C=O) groups excluding carboxylic acids is 2. The third-order valence-electron chi connectivity index (χ3n) is 10.4. The highest BCUT2D eigenvalue weighted by molar-refractivity contribution is 5.95. The van der Waals surface area contributed by atoms with Crippen molar-refractivity contribution in [3.63, 3.8) is 0 Å². The molecule has 5 nitrogen and oxygen atoms in total. The van der Waals surface area contributed by atoms with Crippen LogP contribution in [0.3, 0.4) is 0 Å². The molecule has 2 unspecified atom stereocenters. The molecule has 0 radical (unpaired) electrons. The quantitative estimate of drug-likeness (QED) is 0.320. The topological polar surface area (TPSA) is 43.9 Å². The molecule has 2 atom stereocenters. The standard InChI is InChI=1S/C34H39F6N3O2/c35-33(36,37)26-17-25(18-27(19-26)34(38,39)40)31(45)43-12-8-28(20-29(43)16-23-4-2-1-3-5-23)41-13-9-32(10-14-41)11-15-42(30(44)21-32)22-24-6-7-24/h1-5,17-19,24,28-29H,6-16,20-22H2. The minimum absolute atomic E-state index is 0.0213. The second kappa shape index (κ2) is 12.3. The molecule has 1 spiro atoms. The van der Waals surface area contributed by atoms with Gasteiger partial charge in [-0.05, 0) is 99.6 Å². The highest BCUT2D eigenvalue weighted by Gasteiger charge is 2.45. The summed E-state index contributed by atoms with van der Waals surface area (Å²) in [5.41, 5.74) is -2.63. The Morgan fingerprint density at radius 3 is 2.02 bits per heavy atom. The molecule has 6 rings (SSSR count). The van der Waals surface area contributed by atoms with Crippen molar-refractivity contribution in [1.82, 2.24) is 14.7 Å². The fourth-order valence-corrected chi connectivity index (χ4v) is 7.57. The summed E-state index contributed by atoms with van der Waals surface area (Å²) < 4.78 is 81.4. The zero-order valence-electron chi connectivity index (χ0n) is 25.2. The Morgan fingerprint density at radius 1 is 0.822 bits per heavy atom. The number of rotatable bonds is 6. The second-order valence-electron chi connectivity index (χ2n) is 13.6. The minimum atomic E-state index is -5.03. The van der Waals surface area contributed by atoms with Crippen LogP contribution in [0.15, 0.2) is 48.5 Å². The van der Waals surface area contributed by atoms with Crippen molar-refractivity contribution in [1.29, 1.82) is 0 Å². The first-order chi connectivity index (χ1) is 21.3. The Hall–Kier alpha value is -3.08. The van der Waals surface area contributed by atoms with Crippen LogP contribution in [-0.2, 0) is 23.6 Å². The number of alkyl halides is 6. The summed E-state index contributed by atoms with van der Waals surface area (Å²) in [4.78, 5) is 32.6. The van der Waals surface area contributed by atoms with Crippen LogP contribution in [0.2, 0.25) is 0 Å². The number of likely N-dealkylation sites (tertiary alicyclic amines) is 3. The lowest BCUT2D eigenvalue weighted by Crippen LogP contribution is -2.56. The van der Waals surface area contributed by atoms with Gasteiger partial charge in [0.2, 0.25) is 5.91 Å². The van der Waals surface area contributed by atoms with Crippen LogP contribution >= 0.6 is 0 Å². The fraction of sp³-hybridized carbons (Fsp3) is 0.588. The van der Waals surface area contributed by atoms with E-state index >= 15 is 0 Å². The summed E-state index contributed by atoms with van der Waals surface area (Å²) in [6, 6.07) is 10.3. The Bertz CT molecular complexity index is 1350. The molecule has 1 saturated carbocycles. The van der Waals surface area contributed by atoms with Gasteiger partial charge < -0.3 is 14.7 Å². The van der Waals surface area contributed by atoms with Crippen LogP contribution < -0.4 is 0 Å². The lowest BCUT2D eigenvalue weighted by molar-refractivity contribution is -0.143. The van der Waals surface area contributed by atoms with Crippen molar-refractivity contribution in [2.24, 2.45) is 11.3 Å². The van der Waals surface area contributed by atoms with Crippen molar-refractivity contribution in [3.8, 4) is 0 Å². The average Bonchev–Trinajstić information content (AvgIpc) is 3.82. The number of amides is 2. The van der Waals surface area contributed by atoms with Crippen LogP contribution in [0.5, 0.6) is 0 Å². The normalized spacial score (nSPS) is 24.7. The van der Waals surface area contributed by atoms with E-state index in [1.165, 1.54) is 17.7 Å². The van der Waals surface area contributed by atoms with Crippen LogP contribution in [0.4, 0.5) is 26.3 Å². The number of hydrogen-bond acceptors (Lipinski definition) is 3. The average molecular weight is 636 g/mol. The van der Waals surface area contributed by atoms with Crippen LogP contribution in [0, 0.1) is 11.3 Å². The predicted molar refractivity (Wildman–Crippen MR) is 156 cm³/mol. The van der Waals surface area contributed by atoms with E-state index in [-0.39, 0.29) is 30.0 Å². The first kappa shape index (κ1) is 31.9. The van der Waals surface area contributed by atoms with Gasteiger partial charge in [-0.2, -0.15) is 26.3 Å². The highest BCUT2D eigenvalue weighted by Crippen LogP contribution is 2.44. The van der Waals surface area contributed by atoms with Crippen LogP contribution in [0.25, 0.3) is 0 Å². The third-order valence-corrected chi connectivity index (χ3v) is 10.4. The molecule has 2 aromatic carbocycles. The van der Waals surface area contributed by atoms with Gasteiger partial charge in [0.15, 0.2) is 0 Å². The number of benzene rings is 2. The number of hydrogen-bond donors (Lipinski definition) is 0. The minimum Gasteiger partial charge on any atom is -0.342 e. The Labute approximate surface area is 259 Å². The van der Waals surface area contributed by atoms with Crippen molar-refractivity contribution >= 4 is 11.8 Å².